The van der Waals surface area contributed by atoms with Crippen LogP contribution in [0.25, 0.3) is 0 Å². The first-order chi connectivity index (χ1) is 8.11. The molecule has 1 aromatic heterocycles. The van der Waals surface area contributed by atoms with E-state index in [1.165, 1.54) is 10.9 Å². The fourth-order valence-electron chi connectivity index (χ4n) is 1.66. The van der Waals surface area contributed by atoms with Crippen LogP contribution in [-0.4, -0.2) is 0 Å². The molecule has 1 heterocycles. The van der Waals surface area contributed by atoms with Crippen LogP contribution in [0.15, 0.2) is 30.3 Å². The Morgan fingerprint density at radius 1 is 1.35 bits per heavy atom. The van der Waals surface area contributed by atoms with E-state index in [1.807, 2.05) is 12.1 Å². The molecule has 0 aliphatic rings. The molecule has 2 aromatic rings. The van der Waals surface area contributed by atoms with Gasteiger partial charge in [-0.1, -0.05) is 24.6 Å². The van der Waals surface area contributed by atoms with E-state index in [-0.39, 0.29) is 5.82 Å². The SMILES string of the molecule is CCc1ccc(C(N)c2ccc(Cl)cc2F)s1. The smallest absolute Gasteiger partial charge is 0.129 e. The van der Waals surface area contributed by atoms with Crippen LogP contribution in [0.3, 0.4) is 0 Å². The number of halogens is 2. The van der Waals surface area contributed by atoms with Gasteiger partial charge in [-0.05, 0) is 30.7 Å². The van der Waals surface area contributed by atoms with Gasteiger partial charge >= 0.3 is 0 Å². The van der Waals surface area contributed by atoms with Crippen molar-refractivity contribution in [1.82, 2.24) is 0 Å². The van der Waals surface area contributed by atoms with Gasteiger partial charge < -0.3 is 5.73 Å². The van der Waals surface area contributed by atoms with E-state index >= 15 is 0 Å². The quantitative estimate of drug-likeness (QED) is 0.890. The van der Waals surface area contributed by atoms with Crippen molar-refractivity contribution in [3.05, 3.63) is 56.5 Å². The molecular weight excluding hydrogens is 257 g/mol. The Morgan fingerprint density at radius 2 is 2.12 bits per heavy atom. The molecule has 17 heavy (non-hydrogen) atoms. The summed E-state index contributed by atoms with van der Waals surface area (Å²) in [6.45, 7) is 2.09. The van der Waals surface area contributed by atoms with Gasteiger partial charge in [0.2, 0.25) is 0 Å². The molecule has 1 unspecified atom stereocenters. The van der Waals surface area contributed by atoms with Gasteiger partial charge in [0.15, 0.2) is 0 Å². The van der Waals surface area contributed by atoms with Crippen molar-refractivity contribution >= 4 is 22.9 Å². The lowest BCUT2D eigenvalue weighted by atomic mass is 10.1. The molecule has 0 aliphatic heterocycles. The molecule has 2 N–H and O–H groups in total. The molecule has 0 spiro atoms. The molecule has 0 aliphatic carbocycles. The summed E-state index contributed by atoms with van der Waals surface area (Å²) in [4.78, 5) is 2.23. The van der Waals surface area contributed by atoms with E-state index in [4.69, 9.17) is 17.3 Å². The minimum Gasteiger partial charge on any atom is -0.320 e. The van der Waals surface area contributed by atoms with Gasteiger partial charge in [-0.2, -0.15) is 0 Å². The van der Waals surface area contributed by atoms with Crippen LogP contribution in [0.1, 0.15) is 28.3 Å². The molecule has 1 aromatic carbocycles. The fourth-order valence-corrected chi connectivity index (χ4v) is 2.79. The zero-order valence-corrected chi connectivity index (χ0v) is 11.0. The maximum Gasteiger partial charge on any atom is 0.129 e. The lowest BCUT2D eigenvalue weighted by Crippen LogP contribution is -2.12. The number of hydrogen-bond acceptors (Lipinski definition) is 2. The first kappa shape index (κ1) is 12.6. The van der Waals surface area contributed by atoms with Gasteiger partial charge in [0.05, 0.1) is 6.04 Å². The zero-order chi connectivity index (χ0) is 12.4. The minimum absolute atomic E-state index is 0.351. The van der Waals surface area contributed by atoms with Crippen molar-refractivity contribution in [2.45, 2.75) is 19.4 Å². The maximum absolute atomic E-state index is 13.7. The van der Waals surface area contributed by atoms with E-state index in [0.29, 0.717) is 10.6 Å². The first-order valence-corrected chi connectivity index (χ1v) is 6.60. The summed E-state index contributed by atoms with van der Waals surface area (Å²) in [5.41, 5.74) is 6.55. The van der Waals surface area contributed by atoms with Crippen LogP contribution in [-0.2, 0) is 6.42 Å². The van der Waals surface area contributed by atoms with Gasteiger partial charge in [0, 0.05) is 20.3 Å². The number of hydrogen-bond donors (Lipinski definition) is 1. The predicted molar refractivity (Wildman–Crippen MR) is 71.1 cm³/mol. The molecule has 0 saturated carbocycles. The van der Waals surface area contributed by atoms with Gasteiger partial charge in [0.25, 0.3) is 0 Å². The highest BCUT2D eigenvalue weighted by molar-refractivity contribution is 7.12. The second-order valence-electron chi connectivity index (χ2n) is 3.80. The average Bonchev–Trinajstić information content (AvgIpc) is 2.76. The maximum atomic E-state index is 13.7. The van der Waals surface area contributed by atoms with Crippen molar-refractivity contribution in [1.29, 1.82) is 0 Å². The summed E-state index contributed by atoms with van der Waals surface area (Å²) < 4.78 is 13.7. The van der Waals surface area contributed by atoms with Crippen molar-refractivity contribution in [2.24, 2.45) is 5.73 Å². The topological polar surface area (TPSA) is 26.0 Å². The Balaban J connectivity index is 2.33. The van der Waals surface area contributed by atoms with Crippen LogP contribution in [0.2, 0.25) is 5.02 Å². The van der Waals surface area contributed by atoms with Crippen LogP contribution in [0.4, 0.5) is 4.39 Å². The Bertz CT molecular complexity index is 524. The largest absolute Gasteiger partial charge is 0.320 e. The molecule has 1 nitrogen and oxygen atoms in total. The minimum atomic E-state index is -0.419. The zero-order valence-electron chi connectivity index (χ0n) is 9.41. The lowest BCUT2D eigenvalue weighted by Gasteiger charge is -2.11. The Kier molecular flexibility index (Phi) is 3.82. The van der Waals surface area contributed by atoms with E-state index in [1.54, 1.807) is 23.5 Å². The summed E-state index contributed by atoms with van der Waals surface area (Å²) in [6.07, 6.45) is 0.973. The van der Waals surface area contributed by atoms with Crippen molar-refractivity contribution in [3.8, 4) is 0 Å². The number of aryl methyl sites for hydroxylation is 1. The van der Waals surface area contributed by atoms with Gasteiger partial charge in [0.1, 0.15) is 5.82 Å². The van der Waals surface area contributed by atoms with Crippen molar-refractivity contribution in [3.63, 3.8) is 0 Å². The van der Waals surface area contributed by atoms with Crippen LogP contribution in [0.5, 0.6) is 0 Å². The van der Waals surface area contributed by atoms with Gasteiger partial charge in [-0.15, -0.1) is 11.3 Å². The lowest BCUT2D eigenvalue weighted by molar-refractivity contribution is 0.601. The summed E-state index contributed by atoms with van der Waals surface area (Å²) in [5.74, 6) is -0.351. The van der Waals surface area contributed by atoms with Crippen molar-refractivity contribution in [2.75, 3.05) is 0 Å². The Morgan fingerprint density at radius 3 is 2.71 bits per heavy atom. The molecule has 0 saturated heterocycles. The first-order valence-electron chi connectivity index (χ1n) is 5.41. The van der Waals surface area contributed by atoms with E-state index in [9.17, 15) is 4.39 Å². The van der Waals surface area contributed by atoms with Crippen LogP contribution < -0.4 is 5.73 Å². The summed E-state index contributed by atoms with van der Waals surface area (Å²) >= 11 is 7.34. The monoisotopic (exact) mass is 269 g/mol. The summed E-state index contributed by atoms with van der Waals surface area (Å²) in [5, 5.41) is 0.388. The normalized spacial score (nSPS) is 12.7. The molecule has 0 radical (unpaired) electrons. The van der Waals surface area contributed by atoms with Crippen molar-refractivity contribution < 1.29 is 4.39 Å². The number of benzene rings is 1. The third-order valence-electron chi connectivity index (χ3n) is 2.63. The highest BCUT2D eigenvalue weighted by Gasteiger charge is 2.15. The number of nitrogens with two attached hydrogens (primary N) is 1. The van der Waals surface area contributed by atoms with Crippen LogP contribution >= 0.6 is 22.9 Å². The standard InChI is InChI=1S/C13H13ClFNS/c1-2-9-4-6-12(17-9)13(16)10-5-3-8(14)7-11(10)15/h3-7,13H,2,16H2,1H3. The molecular formula is C13H13ClFNS. The van der Waals surface area contributed by atoms with Gasteiger partial charge in [-0.25, -0.2) is 4.39 Å². The molecule has 4 heteroatoms. The molecule has 90 valence electrons. The molecule has 0 fully saturated rings. The molecule has 2 rings (SSSR count). The Hall–Kier alpha value is -0.900. The highest BCUT2D eigenvalue weighted by atomic mass is 35.5. The summed E-state index contributed by atoms with van der Waals surface area (Å²) in [7, 11) is 0. The summed E-state index contributed by atoms with van der Waals surface area (Å²) in [6, 6.07) is 8.18. The molecule has 0 amide bonds. The number of thiophene rings is 1. The molecule has 0 bridgehead atoms. The van der Waals surface area contributed by atoms with E-state index < -0.39 is 6.04 Å². The second-order valence-corrected chi connectivity index (χ2v) is 5.44. The highest BCUT2D eigenvalue weighted by Crippen LogP contribution is 2.29. The third kappa shape index (κ3) is 2.68. The number of rotatable bonds is 3. The van der Waals surface area contributed by atoms with Gasteiger partial charge in [-0.3, -0.25) is 0 Å². The second kappa shape index (κ2) is 5.17. The predicted octanol–water partition coefficient (Wildman–Crippen LogP) is 4.15. The van der Waals surface area contributed by atoms with E-state index in [0.717, 1.165) is 11.3 Å². The van der Waals surface area contributed by atoms with E-state index in [2.05, 4.69) is 6.92 Å². The van der Waals surface area contributed by atoms with Crippen LogP contribution in [0, 0.1) is 5.82 Å². The Labute approximate surface area is 109 Å². The average molecular weight is 270 g/mol. The fraction of sp³-hybridized carbons (Fsp3) is 0.231. The molecule has 1 atom stereocenters. The third-order valence-corrected chi connectivity index (χ3v) is 4.18.